The Balaban J connectivity index is 2.20. The van der Waals surface area contributed by atoms with Gasteiger partial charge in [-0.25, -0.2) is 4.98 Å². The van der Waals surface area contributed by atoms with Crippen LogP contribution in [0, 0.1) is 0 Å². The maximum Gasteiger partial charge on any atom is 0.129 e. The first-order valence-corrected chi connectivity index (χ1v) is 8.01. The third kappa shape index (κ3) is 3.29. The molecule has 5 heteroatoms. The lowest BCUT2D eigenvalue weighted by Crippen LogP contribution is -2.38. The molecule has 1 aliphatic heterocycles. The molecule has 1 saturated heterocycles. The SMILES string of the molecule is CCCc1cc(CN)cc(N2CCS(=O)CC2)n1. The molecule has 0 spiro atoms. The van der Waals surface area contributed by atoms with Gasteiger partial charge in [0.2, 0.25) is 0 Å². The van der Waals surface area contributed by atoms with Gasteiger partial charge in [-0.15, -0.1) is 0 Å². The van der Waals surface area contributed by atoms with Crippen molar-refractivity contribution < 1.29 is 4.21 Å². The van der Waals surface area contributed by atoms with Crippen LogP contribution in [0.4, 0.5) is 5.82 Å². The molecule has 0 atom stereocenters. The minimum Gasteiger partial charge on any atom is -0.355 e. The van der Waals surface area contributed by atoms with Crippen LogP contribution < -0.4 is 10.6 Å². The number of rotatable bonds is 4. The van der Waals surface area contributed by atoms with E-state index in [0.717, 1.165) is 54.5 Å². The predicted octanol–water partition coefficient (Wildman–Crippen LogP) is 1.06. The Hall–Kier alpha value is -0.940. The van der Waals surface area contributed by atoms with E-state index in [2.05, 4.69) is 24.0 Å². The van der Waals surface area contributed by atoms with E-state index in [4.69, 9.17) is 10.7 Å². The highest BCUT2D eigenvalue weighted by molar-refractivity contribution is 7.85. The second kappa shape index (κ2) is 6.29. The van der Waals surface area contributed by atoms with Crippen molar-refractivity contribution in [3.8, 4) is 0 Å². The number of pyridine rings is 1. The fourth-order valence-electron chi connectivity index (χ4n) is 2.16. The van der Waals surface area contributed by atoms with Gasteiger partial charge in [0, 0.05) is 47.6 Å². The van der Waals surface area contributed by atoms with Gasteiger partial charge in [-0.1, -0.05) is 13.3 Å². The Morgan fingerprint density at radius 3 is 2.72 bits per heavy atom. The quantitative estimate of drug-likeness (QED) is 0.886. The van der Waals surface area contributed by atoms with E-state index in [-0.39, 0.29) is 0 Å². The number of nitrogens with zero attached hydrogens (tertiary/aromatic N) is 2. The minimum absolute atomic E-state index is 0.548. The van der Waals surface area contributed by atoms with E-state index in [1.165, 1.54) is 0 Å². The maximum absolute atomic E-state index is 11.4. The van der Waals surface area contributed by atoms with Crippen LogP contribution in [0.15, 0.2) is 12.1 Å². The van der Waals surface area contributed by atoms with E-state index in [9.17, 15) is 4.21 Å². The Morgan fingerprint density at radius 2 is 2.11 bits per heavy atom. The van der Waals surface area contributed by atoms with E-state index >= 15 is 0 Å². The third-order valence-electron chi connectivity index (χ3n) is 3.17. The summed E-state index contributed by atoms with van der Waals surface area (Å²) in [5, 5.41) is 0. The van der Waals surface area contributed by atoms with Crippen LogP contribution in [0.25, 0.3) is 0 Å². The van der Waals surface area contributed by atoms with Gasteiger partial charge in [0.25, 0.3) is 0 Å². The Kier molecular flexibility index (Phi) is 4.72. The molecule has 0 aliphatic carbocycles. The summed E-state index contributed by atoms with van der Waals surface area (Å²) in [6.45, 7) is 4.37. The zero-order valence-electron chi connectivity index (χ0n) is 10.9. The van der Waals surface area contributed by atoms with Gasteiger partial charge >= 0.3 is 0 Å². The van der Waals surface area contributed by atoms with Crippen LogP contribution in [0.2, 0.25) is 0 Å². The molecule has 0 saturated carbocycles. The molecule has 18 heavy (non-hydrogen) atoms. The molecule has 2 rings (SSSR count). The summed E-state index contributed by atoms with van der Waals surface area (Å²) in [5.41, 5.74) is 7.99. The van der Waals surface area contributed by atoms with Crippen LogP contribution in [-0.4, -0.2) is 33.8 Å². The van der Waals surface area contributed by atoms with Gasteiger partial charge in [0.05, 0.1) is 0 Å². The van der Waals surface area contributed by atoms with Crippen molar-refractivity contribution >= 4 is 16.6 Å². The summed E-state index contributed by atoms with van der Waals surface area (Å²) < 4.78 is 11.4. The molecule has 4 nitrogen and oxygen atoms in total. The molecule has 2 N–H and O–H groups in total. The molecule has 0 radical (unpaired) electrons. The number of aryl methyl sites for hydroxylation is 1. The third-order valence-corrected chi connectivity index (χ3v) is 4.44. The van der Waals surface area contributed by atoms with Crippen molar-refractivity contribution in [1.82, 2.24) is 4.98 Å². The van der Waals surface area contributed by atoms with Gasteiger partial charge in [0.15, 0.2) is 0 Å². The number of hydrogen-bond donors (Lipinski definition) is 1. The molecular formula is C13H21N3OS. The zero-order valence-corrected chi connectivity index (χ0v) is 11.7. The molecule has 1 fully saturated rings. The zero-order chi connectivity index (χ0) is 13.0. The van der Waals surface area contributed by atoms with E-state index in [1.807, 2.05) is 0 Å². The van der Waals surface area contributed by atoms with Gasteiger partial charge in [0.1, 0.15) is 5.82 Å². The maximum atomic E-state index is 11.4. The topological polar surface area (TPSA) is 59.2 Å². The molecule has 0 unspecified atom stereocenters. The summed E-state index contributed by atoms with van der Waals surface area (Å²) in [6.07, 6.45) is 2.07. The second-order valence-corrected chi connectivity index (χ2v) is 6.31. The van der Waals surface area contributed by atoms with Gasteiger partial charge < -0.3 is 10.6 Å². The highest BCUT2D eigenvalue weighted by Crippen LogP contribution is 2.17. The van der Waals surface area contributed by atoms with E-state index in [1.54, 1.807) is 0 Å². The second-order valence-electron chi connectivity index (χ2n) is 4.61. The number of hydrogen-bond acceptors (Lipinski definition) is 4. The van der Waals surface area contributed by atoms with Crippen molar-refractivity contribution in [2.75, 3.05) is 29.5 Å². The summed E-state index contributed by atoms with van der Waals surface area (Å²) in [6, 6.07) is 4.16. The smallest absolute Gasteiger partial charge is 0.129 e. The first-order valence-electron chi connectivity index (χ1n) is 6.52. The number of anilines is 1. The molecular weight excluding hydrogens is 246 g/mol. The van der Waals surface area contributed by atoms with Crippen molar-refractivity contribution in [2.45, 2.75) is 26.3 Å². The van der Waals surface area contributed by atoms with Crippen LogP contribution in [0.1, 0.15) is 24.6 Å². The molecule has 0 bridgehead atoms. The highest BCUT2D eigenvalue weighted by Gasteiger charge is 2.17. The first-order chi connectivity index (χ1) is 8.72. The lowest BCUT2D eigenvalue weighted by Gasteiger charge is -2.28. The highest BCUT2D eigenvalue weighted by atomic mass is 32.2. The minimum atomic E-state index is -0.645. The van der Waals surface area contributed by atoms with Gasteiger partial charge in [-0.2, -0.15) is 0 Å². The molecule has 1 aliphatic rings. The fraction of sp³-hybridized carbons (Fsp3) is 0.615. The van der Waals surface area contributed by atoms with Crippen molar-refractivity contribution in [2.24, 2.45) is 5.73 Å². The van der Waals surface area contributed by atoms with Crippen LogP contribution in [0.3, 0.4) is 0 Å². The largest absolute Gasteiger partial charge is 0.355 e. The average molecular weight is 267 g/mol. The summed E-state index contributed by atoms with van der Waals surface area (Å²) in [7, 11) is -0.645. The van der Waals surface area contributed by atoms with Gasteiger partial charge in [-0.3, -0.25) is 4.21 Å². The molecule has 100 valence electrons. The molecule has 0 aromatic carbocycles. The first kappa shape index (κ1) is 13.5. The molecule has 1 aromatic rings. The molecule has 2 heterocycles. The van der Waals surface area contributed by atoms with E-state index < -0.39 is 10.8 Å². The van der Waals surface area contributed by atoms with Crippen molar-refractivity contribution in [3.05, 3.63) is 23.4 Å². The summed E-state index contributed by atoms with van der Waals surface area (Å²) >= 11 is 0. The summed E-state index contributed by atoms with van der Waals surface area (Å²) in [5.74, 6) is 2.49. The van der Waals surface area contributed by atoms with Gasteiger partial charge in [-0.05, 0) is 24.1 Å². The Morgan fingerprint density at radius 1 is 1.39 bits per heavy atom. The van der Waals surface area contributed by atoms with Crippen LogP contribution in [-0.2, 0) is 23.8 Å². The van der Waals surface area contributed by atoms with Crippen molar-refractivity contribution in [1.29, 1.82) is 0 Å². The Labute approximate surface area is 111 Å². The average Bonchev–Trinajstić information content (AvgIpc) is 2.39. The standard InChI is InChI=1S/C13H21N3OS/c1-2-3-12-8-11(10-14)9-13(15-12)16-4-6-18(17)7-5-16/h8-9H,2-7,10,14H2,1H3. The molecule has 1 aromatic heterocycles. The molecule has 0 amide bonds. The lowest BCUT2D eigenvalue weighted by molar-refractivity contribution is 0.672. The Bertz CT molecular complexity index is 426. The number of aromatic nitrogens is 1. The van der Waals surface area contributed by atoms with Crippen LogP contribution >= 0.6 is 0 Å². The van der Waals surface area contributed by atoms with Crippen molar-refractivity contribution in [3.63, 3.8) is 0 Å². The number of nitrogens with two attached hydrogens (primary N) is 1. The monoisotopic (exact) mass is 267 g/mol. The van der Waals surface area contributed by atoms with E-state index in [0.29, 0.717) is 6.54 Å². The fourth-order valence-corrected chi connectivity index (χ4v) is 3.22. The summed E-state index contributed by atoms with van der Waals surface area (Å²) in [4.78, 5) is 6.91. The van der Waals surface area contributed by atoms with Crippen LogP contribution in [0.5, 0.6) is 0 Å². The lowest BCUT2D eigenvalue weighted by atomic mass is 10.1. The normalized spacial score (nSPS) is 17.1. The predicted molar refractivity (Wildman–Crippen MR) is 76.2 cm³/mol.